The van der Waals surface area contributed by atoms with Gasteiger partial charge in [-0.3, -0.25) is 0 Å². The zero-order chi connectivity index (χ0) is 10.6. The van der Waals surface area contributed by atoms with Gasteiger partial charge >= 0.3 is 0 Å². The summed E-state index contributed by atoms with van der Waals surface area (Å²) in [7, 11) is 1.67. The predicted octanol–water partition coefficient (Wildman–Crippen LogP) is 0.439. The van der Waals surface area contributed by atoms with E-state index in [1.54, 1.807) is 13.1 Å². The summed E-state index contributed by atoms with van der Waals surface area (Å²) in [5.74, 6) is -0.418. The van der Waals surface area contributed by atoms with E-state index in [0.29, 0.717) is 5.56 Å². The minimum absolute atomic E-state index is 0.262. The van der Waals surface area contributed by atoms with Crippen molar-refractivity contribution in [1.82, 2.24) is 5.32 Å². The van der Waals surface area contributed by atoms with Gasteiger partial charge in [-0.25, -0.2) is 4.39 Å². The lowest BCUT2D eigenvalue weighted by Crippen LogP contribution is -2.29. The maximum atomic E-state index is 12.8. The number of aliphatic hydroxyl groups is 2. The van der Waals surface area contributed by atoms with Gasteiger partial charge in [0.15, 0.2) is 0 Å². The molecule has 3 nitrogen and oxygen atoms in total. The van der Waals surface area contributed by atoms with E-state index in [2.05, 4.69) is 5.32 Å². The number of hydrogen-bond donors (Lipinski definition) is 3. The van der Waals surface area contributed by atoms with E-state index in [9.17, 15) is 14.6 Å². The molecular weight excluding hydrogens is 185 g/mol. The van der Waals surface area contributed by atoms with Gasteiger partial charge in [0, 0.05) is 6.54 Å². The van der Waals surface area contributed by atoms with Crippen LogP contribution in [0.2, 0.25) is 0 Å². The Morgan fingerprint density at radius 1 is 1.43 bits per heavy atom. The lowest BCUT2D eigenvalue weighted by atomic mass is 10.0. The Bertz CT molecular complexity index is 293. The Labute approximate surface area is 82.2 Å². The minimum atomic E-state index is -1.06. The molecule has 0 aliphatic rings. The molecule has 2 atom stereocenters. The standard InChI is InChI=1S/C10H14FNO2/c1-12-6-9(13)10(14)7-3-2-4-8(11)5-7/h2-5,9-10,12-14H,6H2,1H3. The Balaban J connectivity index is 2.73. The third kappa shape index (κ3) is 2.77. The summed E-state index contributed by atoms with van der Waals surface area (Å²) in [5, 5.41) is 21.7. The fraction of sp³-hybridized carbons (Fsp3) is 0.400. The van der Waals surface area contributed by atoms with E-state index in [-0.39, 0.29) is 6.54 Å². The van der Waals surface area contributed by atoms with Crippen molar-refractivity contribution in [2.75, 3.05) is 13.6 Å². The second-order valence-electron chi connectivity index (χ2n) is 3.12. The molecule has 0 amide bonds. The van der Waals surface area contributed by atoms with Gasteiger partial charge in [0.25, 0.3) is 0 Å². The molecule has 0 bridgehead atoms. The minimum Gasteiger partial charge on any atom is -0.389 e. The normalized spacial score (nSPS) is 15.1. The van der Waals surface area contributed by atoms with Gasteiger partial charge in [-0.1, -0.05) is 12.1 Å². The summed E-state index contributed by atoms with van der Waals surface area (Å²) in [5.41, 5.74) is 0.382. The van der Waals surface area contributed by atoms with Crippen molar-refractivity contribution >= 4 is 0 Å². The highest BCUT2D eigenvalue weighted by Crippen LogP contribution is 2.17. The highest BCUT2D eigenvalue weighted by Gasteiger charge is 2.17. The van der Waals surface area contributed by atoms with E-state index < -0.39 is 18.0 Å². The van der Waals surface area contributed by atoms with Crippen molar-refractivity contribution in [2.45, 2.75) is 12.2 Å². The summed E-state index contributed by atoms with van der Waals surface area (Å²) >= 11 is 0. The number of halogens is 1. The fourth-order valence-corrected chi connectivity index (χ4v) is 1.23. The number of hydrogen-bond acceptors (Lipinski definition) is 3. The SMILES string of the molecule is CNCC(O)C(O)c1cccc(F)c1. The molecule has 0 spiro atoms. The summed E-state index contributed by atoms with van der Waals surface area (Å²) in [6.45, 7) is 0.262. The van der Waals surface area contributed by atoms with Crippen molar-refractivity contribution in [1.29, 1.82) is 0 Å². The Morgan fingerprint density at radius 3 is 2.71 bits per heavy atom. The van der Waals surface area contributed by atoms with Crippen LogP contribution in [0.1, 0.15) is 11.7 Å². The van der Waals surface area contributed by atoms with Crippen LogP contribution in [0.4, 0.5) is 4.39 Å². The smallest absolute Gasteiger partial charge is 0.123 e. The lowest BCUT2D eigenvalue weighted by molar-refractivity contribution is 0.0201. The maximum absolute atomic E-state index is 12.8. The van der Waals surface area contributed by atoms with Crippen LogP contribution in [0.5, 0.6) is 0 Å². The van der Waals surface area contributed by atoms with E-state index in [0.717, 1.165) is 0 Å². The predicted molar refractivity (Wildman–Crippen MR) is 51.3 cm³/mol. The molecule has 2 unspecified atom stereocenters. The van der Waals surface area contributed by atoms with Gasteiger partial charge in [0.2, 0.25) is 0 Å². The summed E-state index contributed by atoms with van der Waals surface area (Å²) < 4.78 is 12.8. The zero-order valence-electron chi connectivity index (χ0n) is 7.94. The number of aliphatic hydroxyl groups excluding tert-OH is 2. The average molecular weight is 199 g/mol. The van der Waals surface area contributed by atoms with Crippen molar-refractivity contribution in [3.05, 3.63) is 35.6 Å². The molecule has 78 valence electrons. The highest BCUT2D eigenvalue weighted by atomic mass is 19.1. The first-order valence-corrected chi connectivity index (χ1v) is 4.41. The number of nitrogens with one attached hydrogen (secondary N) is 1. The highest BCUT2D eigenvalue weighted by molar-refractivity contribution is 5.19. The molecule has 1 aromatic carbocycles. The van der Waals surface area contributed by atoms with Gasteiger partial charge in [-0.2, -0.15) is 0 Å². The molecule has 3 N–H and O–H groups in total. The molecule has 0 aliphatic carbocycles. The third-order valence-corrected chi connectivity index (χ3v) is 1.97. The van der Waals surface area contributed by atoms with Crippen LogP contribution in [-0.4, -0.2) is 29.9 Å². The average Bonchev–Trinajstić information content (AvgIpc) is 2.17. The third-order valence-electron chi connectivity index (χ3n) is 1.97. The number of rotatable bonds is 4. The first kappa shape index (κ1) is 11.1. The molecule has 0 heterocycles. The zero-order valence-corrected chi connectivity index (χ0v) is 7.94. The summed E-state index contributed by atoms with van der Waals surface area (Å²) in [4.78, 5) is 0. The van der Waals surface area contributed by atoms with E-state index in [1.165, 1.54) is 18.2 Å². The second-order valence-corrected chi connectivity index (χ2v) is 3.12. The van der Waals surface area contributed by atoms with Gasteiger partial charge in [0.05, 0.1) is 6.10 Å². The van der Waals surface area contributed by atoms with Crippen LogP contribution in [0.25, 0.3) is 0 Å². The van der Waals surface area contributed by atoms with Crippen LogP contribution in [0, 0.1) is 5.82 Å². The number of likely N-dealkylation sites (N-methyl/N-ethyl adjacent to an activating group) is 1. The molecule has 0 aromatic heterocycles. The van der Waals surface area contributed by atoms with Crippen molar-refractivity contribution < 1.29 is 14.6 Å². The van der Waals surface area contributed by atoms with Crippen LogP contribution >= 0.6 is 0 Å². The van der Waals surface area contributed by atoms with Gasteiger partial charge < -0.3 is 15.5 Å². The Kier molecular flexibility index (Phi) is 4.00. The topological polar surface area (TPSA) is 52.5 Å². The summed E-state index contributed by atoms with van der Waals surface area (Å²) in [6.07, 6.45) is -1.99. The van der Waals surface area contributed by atoms with Crippen LogP contribution < -0.4 is 5.32 Å². The van der Waals surface area contributed by atoms with Gasteiger partial charge in [0.1, 0.15) is 11.9 Å². The number of benzene rings is 1. The van der Waals surface area contributed by atoms with Crippen molar-refractivity contribution in [3.8, 4) is 0 Å². The van der Waals surface area contributed by atoms with Gasteiger partial charge in [-0.15, -0.1) is 0 Å². The molecule has 4 heteroatoms. The summed E-state index contributed by atoms with van der Waals surface area (Å²) in [6, 6.07) is 5.58. The van der Waals surface area contributed by atoms with Crippen LogP contribution in [0.3, 0.4) is 0 Å². The van der Waals surface area contributed by atoms with Gasteiger partial charge in [-0.05, 0) is 24.7 Å². The van der Waals surface area contributed by atoms with E-state index in [1.807, 2.05) is 0 Å². The molecule has 0 saturated heterocycles. The molecule has 0 fully saturated rings. The van der Waals surface area contributed by atoms with Crippen molar-refractivity contribution in [3.63, 3.8) is 0 Å². The Hall–Kier alpha value is -0.970. The maximum Gasteiger partial charge on any atom is 0.123 e. The fourth-order valence-electron chi connectivity index (χ4n) is 1.23. The largest absolute Gasteiger partial charge is 0.389 e. The molecule has 1 aromatic rings. The van der Waals surface area contributed by atoms with E-state index in [4.69, 9.17) is 0 Å². The monoisotopic (exact) mass is 199 g/mol. The Morgan fingerprint density at radius 2 is 2.14 bits per heavy atom. The second kappa shape index (κ2) is 5.05. The van der Waals surface area contributed by atoms with E-state index >= 15 is 0 Å². The molecule has 14 heavy (non-hydrogen) atoms. The van der Waals surface area contributed by atoms with Crippen LogP contribution in [0.15, 0.2) is 24.3 Å². The first-order chi connectivity index (χ1) is 6.65. The molecule has 0 aliphatic heterocycles. The quantitative estimate of drug-likeness (QED) is 0.659. The van der Waals surface area contributed by atoms with Crippen LogP contribution in [-0.2, 0) is 0 Å². The molecule has 0 radical (unpaired) electrons. The molecular formula is C10H14FNO2. The first-order valence-electron chi connectivity index (χ1n) is 4.41. The molecule has 1 rings (SSSR count). The lowest BCUT2D eigenvalue weighted by Gasteiger charge is -2.17. The van der Waals surface area contributed by atoms with Crippen molar-refractivity contribution in [2.24, 2.45) is 0 Å². The molecule has 0 saturated carbocycles.